The monoisotopic (exact) mass is 488 g/mol. The van der Waals surface area contributed by atoms with Crippen molar-refractivity contribution in [1.29, 1.82) is 0 Å². The number of aromatic nitrogens is 2. The Morgan fingerprint density at radius 2 is 2.18 bits per heavy atom. The summed E-state index contributed by atoms with van der Waals surface area (Å²) in [6, 6.07) is -0.700. The predicted octanol–water partition coefficient (Wildman–Crippen LogP) is 1.91. The summed E-state index contributed by atoms with van der Waals surface area (Å²) in [6.45, 7) is 3.36. The molecule has 0 saturated carbocycles. The van der Waals surface area contributed by atoms with Gasteiger partial charge in [0.25, 0.3) is 5.56 Å². The first kappa shape index (κ1) is 26.8. The standard InChI is InChI=1S/C18H29N6O8P/c1-4-30-33(28,20-8-6-5-7-16(25)29-3)31-11-14-13(22-23-19)9-15(32-14)24-10-12(2)17(26)21-18(24)27/h10,13-15H,4-9,11H2,1-3H3,(H,20,28)(H,21,26,27)/t13-,14+,15+,33?/m0/s1. The zero-order chi connectivity index (χ0) is 24.4. The lowest BCUT2D eigenvalue weighted by Gasteiger charge is -2.22. The lowest BCUT2D eigenvalue weighted by atomic mass is 10.1. The van der Waals surface area contributed by atoms with Gasteiger partial charge in [-0.2, -0.15) is 0 Å². The number of nitrogens with zero attached hydrogens (tertiary/aromatic N) is 4. The Hall–Kier alpha value is -2.47. The molecule has 0 aliphatic carbocycles. The van der Waals surface area contributed by atoms with E-state index in [4.69, 9.17) is 19.3 Å². The van der Waals surface area contributed by atoms with Crippen LogP contribution in [-0.4, -0.2) is 54.5 Å². The molecule has 1 aliphatic rings. The average Bonchev–Trinajstić information content (AvgIpc) is 3.17. The van der Waals surface area contributed by atoms with Crippen LogP contribution in [0.1, 0.15) is 44.4 Å². The van der Waals surface area contributed by atoms with Crippen LogP contribution in [0, 0.1) is 6.92 Å². The Morgan fingerprint density at radius 1 is 1.42 bits per heavy atom. The molecular weight excluding hydrogens is 459 g/mol. The maximum Gasteiger partial charge on any atom is 0.405 e. The minimum atomic E-state index is -3.70. The summed E-state index contributed by atoms with van der Waals surface area (Å²) in [5, 5.41) is 6.43. The summed E-state index contributed by atoms with van der Waals surface area (Å²) in [6.07, 6.45) is 1.22. The van der Waals surface area contributed by atoms with Crippen LogP contribution in [0.2, 0.25) is 0 Å². The van der Waals surface area contributed by atoms with E-state index in [1.165, 1.54) is 17.9 Å². The molecule has 0 bridgehead atoms. The first-order valence-electron chi connectivity index (χ1n) is 10.5. The van der Waals surface area contributed by atoms with Gasteiger partial charge in [0.15, 0.2) is 0 Å². The molecule has 1 saturated heterocycles. The lowest BCUT2D eigenvalue weighted by Crippen LogP contribution is -2.33. The van der Waals surface area contributed by atoms with Crippen molar-refractivity contribution in [2.24, 2.45) is 5.11 Å². The Morgan fingerprint density at radius 3 is 2.85 bits per heavy atom. The molecule has 1 aromatic rings. The van der Waals surface area contributed by atoms with E-state index in [9.17, 15) is 18.9 Å². The van der Waals surface area contributed by atoms with Crippen LogP contribution >= 0.6 is 7.75 Å². The van der Waals surface area contributed by atoms with E-state index in [1.54, 1.807) is 13.8 Å². The van der Waals surface area contributed by atoms with Crippen molar-refractivity contribution in [2.75, 3.05) is 26.9 Å². The number of unbranched alkanes of at least 4 members (excludes halogenated alkanes) is 1. The number of esters is 1. The van der Waals surface area contributed by atoms with Gasteiger partial charge in [0, 0.05) is 36.1 Å². The topological polar surface area (TPSA) is 187 Å². The van der Waals surface area contributed by atoms with Crippen LogP contribution < -0.4 is 16.3 Å². The highest BCUT2D eigenvalue weighted by atomic mass is 31.2. The normalized spacial score (nSPS) is 21.8. The summed E-state index contributed by atoms with van der Waals surface area (Å²) in [5.74, 6) is -0.326. The number of H-pyrrole nitrogens is 1. The molecular formula is C18H29N6O8P. The van der Waals surface area contributed by atoms with Gasteiger partial charge in [-0.15, -0.1) is 0 Å². The third-order valence-corrected chi connectivity index (χ3v) is 6.61. The quantitative estimate of drug-likeness (QED) is 0.104. The number of aryl methyl sites for hydroxylation is 1. The molecule has 1 aliphatic heterocycles. The molecule has 4 atom stereocenters. The van der Waals surface area contributed by atoms with Gasteiger partial charge in [-0.3, -0.25) is 28.2 Å². The second-order valence-electron chi connectivity index (χ2n) is 7.27. The van der Waals surface area contributed by atoms with E-state index >= 15 is 0 Å². The third-order valence-electron chi connectivity index (χ3n) is 4.91. The van der Waals surface area contributed by atoms with Crippen LogP contribution in [0.15, 0.2) is 20.9 Å². The molecule has 14 nitrogen and oxygen atoms in total. The molecule has 2 rings (SSSR count). The maximum absolute atomic E-state index is 13.0. The average molecular weight is 488 g/mol. The molecule has 0 amide bonds. The summed E-state index contributed by atoms with van der Waals surface area (Å²) in [5.41, 5.74) is 8.04. The SMILES string of the molecule is CCOP(=O)(NCCCCC(=O)OC)OC[C@H]1O[C@@H](n2cc(C)c(=O)[nH]c2=O)C[C@@H]1N=[N+]=[N-]. The van der Waals surface area contributed by atoms with E-state index < -0.39 is 37.4 Å². The minimum absolute atomic E-state index is 0.117. The predicted molar refractivity (Wildman–Crippen MR) is 117 cm³/mol. The Labute approximate surface area is 189 Å². The molecule has 1 unspecified atom stereocenters. The van der Waals surface area contributed by atoms with Gasteiger partial charge in [0.05, 0.1) is 32.5 Å². The maximum atomic E-state index is 13.0. The minimum Gasteiger partial charge on any atom is -0.469 e. The van der Waals surface area contributed by atoms with Gasteiger partial charge in [-0.1, -0.05) is 5.11 Å². The highest BCUT2D eigenvalue weighted by molar-refractivity contribution is 7.51. The number of methoxy groups -OCH3 is 1. The molecule has 1 fully saturated rings. The summed E-state index contributed by atoms with van der Waals surface area (Å²) in [4.78, 5) is 40.0. The number of nitrogens with one attached hydrogen (secondary N) is 2. The number of aromatic amines is 1. The number of ether oxygens (including phenoxy) is 2. The van der Waals surface area contributed by atoms with E-state index in [0.29, 0.717) is 18.4 Å². The molecule has 0 radical (unpaired) electrons. The molecule has 2 heterocycles. The second-order valence-corrected chi connectivity index (χ2v) is 9.10. The van der Waals surface area contributed by atoms with Crippen molar-refractivity contribution in [3.63, 3.8) is 0 Å². The van der Waals surface area contributed by atoms with Crippen molar-refractivity contribution in [2.45, 2.75) is 57.9 Å². The number of hydrogen-bond acceptors (Lipinski definition) is 9. The van der Waals surface area contributed by atoms with Gasteiger partial charge in [-0.25, -0.2) is 14.4 Å². The largest absolute Gasteiger partial charge is 0.469 e. The Balaban J connectivity index is 2.02. The zero-order valence-electron chi connectivity index (χ0n) is 18.8. The number of rotatable bonds is 13. The van der Waals surface area contributed by atoms with Gasteiger partial charge >= 0.3 is 19.4 Å². The van der Waals surface area contributed by atoms with E-state index in [1.807, 2.05) is 0 Å². The van der Waals surface area contributed by atoms with Gasteiger partial charge in [0.1, 0.15) is 6.23 Å². The van der Waals surface area contributed by atoms with E-state index in [-0.39, 0.29) is 38.6 Å². The van der Waals surface area contributed by atoms with Crippen LogP contribution in [0.3, 0.4) is 0 Å². The molecule has 184 valence electrons. The summed E-state index contributed by atoms with van der Waals surface area (Å²) in [7, 11) is -2.39. The second kappa shape index (κ2) is 12.7. The van der Waals surface area contributed by atoms with Gasteiger partial charge in [-0.05, 0) is 32.2 Å². The highest BCUT2D eigenvalue weighted by Gasteiger charge is 2.38. The fourth-order valence-corrected chi connectivity index (χ4v) is 4.58. The van der Waals surface area contributed by atoms with Gasteiger partial charge in [0.2, 0.25) is 0 Å². The van der Waals surface area contributed by atoms with Crippen LogP contribution in [-0.2, 0) is 27.9 Å². The van der Waals surface area contributed by atoms with Gasteiger partial charge < -0.3 is 9.47 Å². The third kappa shape index (κ3) is 7.81. The van der Waals surface area contributed by atoms with Crippen LogP contribution in [0.4, 0.5) is 0 Å². The molecule has 0 spiro atoms. The summed E-state index contributed by atoms with van der Waals surface area (Å²) >= 11 is 0. The Kier molecular flexibility index (Phi) is 10.3. The van der Waals surface area contributed by atoms with Crippen molar-refractivity contribution in [3.8, 4) is 0 Å². The number of carbonyl (C=O) groups excluding carboxylic acids is 1. The molecule has 33 heavy (non-hydrogen) atoms. The molecule has 2 N–H and O–H groups in total. The van der Waals surface area contributed by atoms with Crippen molar-refractivity contribution in [3.05, 3.63) is 43.0 Å². The van der Waals surface area contributed by atoms with Crippen LogP contribution in [0.5, 0.6) is 0 Å². The number of azide groups is 1. The van der Waals surface area contributed by atoms with Crippen LogP contribution in [0.25, 0.3) is 10.4 Å². The van der Waals surface area contributed by atoms with Crippen molar-refractivity contribution < 1.29 is 27.9 Å². The van der Waals surface area contributed by atoms with Crippen molar-refractivity contribution >= 4 is 13.7 Å². The first-order valence-corrected chi connectivity index (χ1v) is 12.0. The fourth-order valence-electron chi connectivity index (χ4n) is 3.21. The number of carbonyl (C=O) groups is 1. The highest BCUT2D eigenvalue weighted by Crippen LogP contribution is 2.44. The molecule has 15 heteroatoms. The first-order chi connectivity index (χ1) is 15.7. The summed E-state index contributed by atoms with van der Waals surface area (Å²) < 4.78 is 35.4. The van der Waals surface area contributed by atoms with E-state index in [2.05, 4.69) is 24.8 Å². The number of hydrogen-bond donors (Lipinski definition) is 2. The van der Waals surface area contributed by atoms with Crippen molar-refractivity contribution in [1.82, 2.24) is 14.6 Å². The fraction of sp³-hybridized carbons (Fsp3) is 0.722. The molecule has 1 aromatic heterocycles. The Bertz CT molecular complexity index is 1020. The lowest BCUT2D eigenvalue weighted by molar-refractivity contribution is -0.140. The van der Waals surface area contributed by atoms with E-state index in [0.717, 1.165) is 0 Å². The molecule has 0 aromatic carbocycles. The zero-order valence-corrected chi connectivity index (χ0v) is 19.7. The smallest absolute Gasteiger partial charge is 0.405 e.